The molecular formula is C17H14O4. The molecule has 0 amide bonds. The van der Waals surface area contributed by atoms with Crippen molar-refractivity contribution in [2.45, 2.75) is 19.4 Å². The lowest BCUT2D eigenvalue weighted by molar-refractivity contribution is -0.144. The summed E-state index contributed by atoms with van der Waals surface area (Å²) in [4.78, 5) is 24.0. The van der Waals surface area contributed by atoms with Gasteiger partial charge in [-0.1, -0.05) is 35.9 Å². The molecule has 0 saturated heterocycles. The molecular weight excluding hydrogens is 268 g/mol. The maximum Gasteiger partial charge on any atom is 0.353 e. The number of aryl methyl sites for hydroxylation is 1. The molecule has 2 aromatic carbocycles. The van der Waals surface area contributed by atoms with Crippen LogP contribution in [0, 0.1) is 6.92 Å². The summed E-state index contributed by atoms with van der Waals surface area (Å²) in [6.45, 7) is 1.95. The summed E-state index contributed by atoms with van der Waals surface area (Å²) in [5.74, 6) is -0.593. The number of benzene rings is 2. The highest BCUT2D eigenvalue weighted by Gasteiger charge is 2.32. The molecule has 0 radical (unpaired) electrons. The molecule has 0 bridgehead atoms. The molecule has 4 heteroatoms. The highest BCUT2D eigenvalue weighted by atomic mass is 16.6. The Morgan fingerprint density at radius 3 is 2.62 bits per heavy atom. The van der Waals surface area contributed by atoms with Gasteiger partial charge in [0.25, 0.3) is 0 Å². The molecule has 0 spiro atoms. The van der Waals surface area contributed by atoms with E-state index in [0.29, 0.717) is 17.7 Å². The van der Waals surface area contributed by atoms with Gasteiger partial charge < -0.3 is 9.47 Å². The van der Waals surface area contributed by atoms with Crippen molar-refractivity contribution in [2.75, 3.05) is 0 Å². The molecule has 21 heavy (non-hydrogen) atoms. The van der Waals surface area contributed by atoms with E-state index in [1.54, 1.807) is 24.3 Å². The van der Waals surface area contributed by atoms with Crippen LogP contribution in [0.5, 0.6) is 5.75 Å². The molecule has 0 aliphatic carbocycles. The summed E-state index contributed by atoms with van der Waals surface area (Å²) < 4.78 is 10.4. The summed E-state index contributed by atoms with van der Waals surface area (Å²) in [6, 6.07) is 14.2. The topological polar surface area (TPSA) is 52.6 Å². The summed E-state index contributed by atoms with van der Waals surface area (Å²) >= 11 is 0. The van der Waals surface area contributed by atoms with Crippen LogP contribution in [0.3, 0.4) is 0 Å². The molecule has 0 N–H and O–H groups in total. The molecule has 1 heterocycles. The van der Waals surface area contributed by atoms with Crippen LogP contribution in [0.1, 0.15) is 21.5 Å². The van der Waals surface area contributed by atoms with Crippen LogP contribution in [0.15, 0.2) is 48.5 Å². The fourth-order valence-electron chi connectivity index (χ4n) is 2.25. The SMILES string of the molecule is Cc1ccc(OC(=O)C2Cc3ccccc3C(=O)O2)cc1. The minimum absolute atomic E-state index is 0.340. The van der Waals surface area contributed by atoms with E-state index in [4.69, 9.17) is 9.47 Å². The summed E-state index contributed by atoms with van der Waals surface area (Å²) in [5.41, 5.74) is 2.39. The van der Waals surface area contributed by atoms with Crippen molar-refractivity contribution >= 4 is 11.9 Å². The van der Waals surface area contributed by atoms with Gasteiger partial charge in [0.1, 0.15) is 5.75 Å². The maximum atomic E-state index is 12.1. The number of carbonyl (C=O) groups excluding carboxylic acids is 2. The first-order chi connectivity index (χ1) is 10.1. The Balaban J connectivity index is 1.75. The number of hydrogen-bond donors (Lipinski definition) is 0. The first-order valence-electron chi connectivity index (χ1n) is 6.71. The van der Waals surface area contributed by atoms with Gasteiger partial charge in [-0.15, -0.1) is 0 Å². The van der Waals surface area contributed by atoms with Crippen molar-refractivity contribution in [3.63, 3.8) is 0 Å². The van der Waals surface area contributed by atoms with E-state index in [-0.39, 0.29) is 0 Å². The van der Waals surface area contributed by atoms with E-state index < -0.39 is 18.0 Å². The first-order valence-corrected chi connectivity index (χ1v) is 6.71. The second kappa shape index (κ2) is 5.40. The number of rotatable bonds is 2. The Bertz CT molecular complexity index is 688. The second-order valence-corrected chi connectivity index (χ2v) is 4.99. The van der Waals surface area contributed by atoms with Gasteiger partial charge in [-0.2, -0.15) is 0 Å². The lowest BCUT2D eigenvalue weighted by Gasteiger charge is -2.23. The third-order valence-electron chi connectivity index (χ3n) is 3.39. The average molecular weight is 282 g/mol. The molecule has 2 aromatic rings. The third-order valence-corrected chi connectivity index (χ3v) is 3.39. The Labute approximate surface area is 122 Å². The Morgan fingerprint density at radius 2 is 1.86 bits per heavy atom. The van der Waals surface area contributed by atoms with Gasteiger partial charge in [0.05, 0.1) is 5.56 Å². The normalized spacial score (nSPS) is 16.8. The van der Waals surface area contributed by atoms with Crippen molar-refractivity contribution in [3.05, 3.63) is 65.2 Å². The van der Waals surface area contributed by atoms with Gasteiger partial charge in [0, 0.05) is 6.42 Å². The van der Waals surface area contributed by atoms with E-state index in [9.17, 15) is 9.59 Å². The third kappa shape index (κ3) is 2.79. The van der Waals surface area contributed by atoms with Gasteiger partial charge in [-0.25, -0.2) is 9.59 Å². The Morgan fingerprint density at radius 1 is 1.14 bits per heavy atom. The molecule has 1 aliphatic heterocycles. The minimum atomic E-state index is -0.895. The second-order valence-electron chi connectivity index (χ2n) is 4.99. The lowest BCUT2D eigenvalue weighted by atomic mass is 9.99. The molecule has 4 nitrogen and oxygen atoms in total. The molecule has 3 rings (SSSR count). The van der Waals surface area contributed by atoms with E-state index in [1.165, 1.54) is 0 Å². The minimum Gasteiger partial charge on any atom is -0.446 e. The van der Waals surface area contributed by atoms with E-state index in [0.717, 1.165) is 11.1 Å². The first kappa shape index (κ1) is 13.4. The summed E-state index contributed by atoms with van der Waals surface area (Å²) in [6.07, 6.45) is -0.555. The molecule has 1 atom stereocenters. The van der Waals surface area contributed by atoms with Gasteiger partial charge in [0.2, 0.25) is 6.10 Å². The zero-order chi connectivity index (χ0) is 14.8. The molecule has 0 aromatic heterocycles. The smallest absolute Gasteiger partial charge is 0.353 e. The predicted molar refractivity (Wildman–Crippen MR) is 76.2 cm³/mol. The standard InChI is InChI=1S/C17H14O4/c1-11-6-8-13(9-7-11)20-17(19)15-10-12-4-2-3-5-14(12)16(18)21-15/h2-9,15H,10H2,1H3. The van der Waals surface area contributed by atoms with Crippen molar-refractivity contribution < 1.29 is 19.1 Å². The van der Waals surface area contributed by atoms with E-state index in [2.05, 4.69) is 0 Å². The van der Waals surface area contributed by atoms with Crippen molar-refractivity contribution in [1.82, 2.24) is 0 Å². The fourth-order valence-corrected chi connectivity index (χ4v) is 2.25. The van der Waals surface area contributed by atoms with Crippen LogP contribution in [0.4, 0.5) is 0 Å². The highest BCUT2D eigenvalue weighted by molar-refractivity contribution is 5.95. The number of ether oxygens (including phenoxy) is 2. The monoisotopic (exact) mass is 282 g/mol. The van der Waals surface area contributed by atoms with Crippen LogP contribution in [-0.4, -0.2) is 18.0 Å². The zero-order valence-electron chi connectivity index (χ0n) is 11.5. The van der Waals surface area contributed by atoms with Crippen LogP contribution >= 0.6 is 0 Å². The molecule has 1 unspecified atom stereocenters. The Kier molecular flexibility index (Phi) is 3.44. The van der Waals surface area contributed by atoms with Gasteiger partial charge >= 0.3 is 11.9 Å². The Hall–Kier alpha value is -2.62. The van der Waals surface area contributed by atoms with Crippen LogP contribution in [0.2, 0.25) is 0 Å². The molecule has 0 fully saturated rings. The van der Waals surface area contributed by atoms with E-state index in [1.807, 2.05) is 31.2 Å². The number of esters is 2. The van der Waals surface area contributed by atoms with Crippen LogP contribution in [0.25, 0.3) is 0 Å². The summed E-state index contributed by atoms with van der Waals surface area (Å²) in [7, 11) is 0. The van der Waals surface area contributed by atoms with Gasteiger partial charge in [0.15, 0.2) is 0 Å². The van der Waals surface area contributed by atoms with E-state index >= 15 is 0 Å². The molecule has 106 valence electrons. The maximum absolute atomic E-state index is 12.1. The van der Waals surface area contributed by atoms with Gasteiger partial charge in [-0.3, -0.25) is 0 Å². The number of fused-ring (bicyclic) bond motifs is 1. The summed E-state index contributed by atoms with van der Waals surface area (Å²) in [5, 5.41) is 0. The average Bonchev–Trinajstić information content (AvgIpc) is 2.49. The lowest BCUT2D eigenvalue weighted by Crippen LogP contribution is -2.36. The predicted octanol–water partition coefficient (Wildman–Crippen LogP) is 2.68. The number of hydrogen-bond acceptors (Lipinski definition) is 4. The van der Waals surface area contributed by atoms with Crippen molar-refractivity contribution in [2.24, 2.45) is 0 Å². The number of carbonyl (C=O) groups is 2. The number of cyclic esters (lactones) is 1. The van der Waals surface area contributed by atoms with Crippen LogP contribution in [-0.2, 0) is 16.0 Å². The largest absolute Gasteiger partial charge is 0.446 e. The fraction of sp³-hybridized carbons (Fsp3) is 0.176. The molecule has 0 saturated carbocycles. The highest BCUT2D eigenvalue weighted by Crippen LogP contribution is 2.22. The zero-order valence-corrected chi connectivity index (χ0v) is 11.5. The van der Waals surface area contributed by atoms with Crippen LogP contribution < -0.4 is 4.74 Å². The molecule has 1 aliphatic rings. The van der Waals surface area contributed by atoms with Crippen molar-refractivity contribution in [1.29, 1.82) is 0 Å². The quantitative estimate of drug-likeness (QED) is 0.627. The van der Waals surface area contributed by atoms with Crippen molar-refractivity contribution in [3.8, 4) is 5.75 Å². The van der Waals surface area contributed by atoms with Gasteiger partial charge in [-0.05, 0) is 30.7 Å².